The van der Waals surface area contributed by atoms with Crippen LogP contribution in [0.15, 0.2) is 23.2 Å². The molecule has 3 nitrogen and oxygen atoms in total. The highest BCUT2D eigenvalue weighted by atomic mass is 35.5. The van der Waals surface area contributed by atoms with Crippen molar-refractivity contribution < 1.29 is 0 Å². The number of rotatable bonds is 4. The third-order valence-corrected chi connectivity index (χ3v) is 4.00. The molecule has 0 saturated heterocycles. The summed E-state index contributed by atoms with van der Waals surface area (Å²) in [5.41, 5.74) is 3.95. The number of aliphatic imine (C=N–C) groups is 1. The highest BCUT2D eigenvalue weighted by Crippen LogP contribution is 2.35. The van der Waals surface area contributed by atoms with E-state index in [1.807, 2.05) is 0 Å². The molecule has 1 aliphatic heterocycles. The van der Waals surface area contributed by atoms with Gasteiger partial charge in [0.2, 0.25) is 0 Å². The second kappa shape index (κ2) is 5.83. The number of aryl methyl sites for hydroxylation is 1. The number of nitrogens with one attached hydrogen (secondary N) is 2. The second-order valence-corrected chi connectivity index (χ2v) is 5.40. The van der Waals surface area contributed by atoms with Crippen molar-refractivity contribution in [1.82, 2.24) is 5.32 Å². The van der Waals surface area contributed by atoms with E-state index in [0.29, 0.717) is 6.04 Å². The minimum absolute atomic E-state index is 0. The van der Waals surface area contributed by atoms with Crippen LogP contribution in [0.3, 0.4) is 0 Å². The number of benzene rings is 1. The first-order valence-electron chi connectivity index (χ1n) is 6.86. The van der Waals surface area contributed by atoms with E-state index in [4.69, 9.17) is 0 Å². The molecule has 0 aromatic heterocycles. The van der Waals surface area contributed by atoms with Crippen molar-refractivity contribution >= 4 is 23.9 Å². The summed E-state index contributed by atoms with van der Waals surface area (Å²) in [6, 6.07) is 6.84. The van der Waals surface area contributed by atoms with E-state index in [9.17, 15) is 0 Å². The van der Waals surface area contributed by atoms with Gasteiger partial charge in [-0.25, -0.2) is 0 Å². The van der Waals surface area contributed by atoms with Gasteiger partial charge in [0.25, 0.3) is 0 Å². The average molecular weight is 280 g/mol. The van der Waals surface area contributed by atoms with Crippen molar-refractivity contribution in [3.8, 4) is 0 Å². The molecule has 104 valence electrons. The molecule has 1 aromatic rings. The summed E-state index contributed by atoms with van der Waals surface area (Å²) in [6.45, 7) is 6.27. The molecule has 3 rings (SSSR count). The van der Waals surface area contributed by atoms with Crippen LogP contribution in [0, 0.1) is 19.8 Å². The third-order valence-electron chi connectivity index (χ3n) is 4.00. The molecule has 1 fully saturated rings. The van der Waals surface area contributed by atoms with Crippen LogP contribution in [0.2, 0.25) is 0 Å². The van der Waals surface area contributed by atoms with Gasteiger partial charge >= 0.3 is 0 Å². The fourth-order valence-corrected chi connectivity index (χ4v) is 2.54. The monoisotopic (exact) mass is 279 g/mol. The predicted molar refractivity (Wildman–Crippen MR) is 83.6 cm³/mol. The van der Waals surface area contributed by atoms with Crippen molar-refractivity contribution in [3.63, 3.8) is 0 Å². The Kier molecular flexibility index (Phi) is 4.35. The van der Waals surface area contributed by atoms with Crippen LogP contribution >= 0.6 is 12.4 Å². The topological polar surface area (TPSA) is 36.4 Å². The number of hydrogen-bond donors (Lipinski definition) is 2. The lowest BCUT2D eigenvalue weighted by atomic mass is 10.1. The van der Waals surface area contributed by atoms with E-state index in [1.54, 1.807) is 0 Å². The zero-order valence-corrected chi connectivity index (χ0v) is 12.4. The van der Waals surface area contributed by atoms with Gasteiger partial charge in [-0.2, -0.15) is 0 Å². The first-order chi connectivity index (χ1) is 8.75. The SMILES string of the molecule is Cc1cccc(NC(C2=NCCN2)C2CC2)c1C.Cl. The van der Waals surface area contributed by atoms with E-state index >= 15 is 0 Å². The molecular formula is C15H22ClN3. The van der Waals surface area contributed by atoms with Gasteiger partial charge in [-0.3, -0.25) is 4.99 Å². The van der Waals surface area contributed by atoms with Gasteiger partial charge in [-0.05, 0) is 49.8 Å². The van der Waals surface area contributed by atoms with Gasteiger partial charge in [0.15, 0.2) is 0 Å². The maximum atomic E-state index is 4.59. The van der Waals surface area contributed by atoms with Crippen molar-refractivity contribution in [3.05, 3.63) is 29.3 Å². The molecule has 19 heavy (non-hydrogen) atoms. The fraction of sp³-hybridized carbons (Fsp3) is 0.533. The molecule has 1 unspecified atom stereocenters. The Balaban J connectivity index is 0.00000133. The number of amidine groups is 1. The molecule has 4 heteroatoms. The first-order valence-corrected chi connectivity index (χ1v) is 6.86. The Labute approximate surface area is 121 Å². The normalized spacial score (nSPS) is 19.2. The first kappa shape index (κ1) is 14.2. The summed E-state index contributed by atoms with van der Waals surface area (Å²) < 4.78 is 0. The molecule has 0 amide bonds. The van der Waals surface area contributed by atoms with Gasteiger partial charge in [-0.1, -0.05) is 12.1 Å². The molecule has 2 aliphatic rings. The van der Waals surface area contributed by atoms with E-state index in [0.717, 1.165) is 19.0 Å². The van der Waals surface area contributed by atoms with Crippen LogP contribution in [0.1, 0.15) is 24.0 Å². The second-order valence-electron chi connectivity index (χ2n) is 5.40. The van der Waals surface area contributed by atoms with Crippen LogP contribution < -0.4 is 10.6 Å². The molecule has 1 atom stereocenters. The lowest BCUT2D eigenvalue weighted by molar-refractivity contribution is 0.767. The maximum absolute atomic E-state index is 4.59. The Bertz CT molecular complexity index is 480. The number of halogens is 1. The van der Waals surface area contributed by atoms with Gasteiger partial charge in [0.1, 0.15) is 5.84 Å². The molecule has 0 bridgehead atoms. The Morgan fingerprint density at radius 2 is 2.11 bits per heavy atom. The Hall–Kier alpha value is -1.22. The molecule has 0 radical (unpaired) electrons. The lowest BCUT2D eigenvalue weighted by Gasteiger charge is -2.22. The van der Waals surface area contributed by atoms with Crippen LogP contribution in [-0.2, 0) is 0 Å². The van der Waals surface area contributed by atoms with Crippen molar-refractivity contribution in [1.29, 1.82) is 0 Å². The summed E-state index contributed by atoms with van der Waals surface area (Å²) in [6.07, 6.45) is 2.65. The van der Waals surface area contributed by atoms with Crippen molar-refractivity contribution in [2.75, 3.05) is 18.4 Å². The molecule has 1 aliphatic carbocycles. The summed E-state index contributed by atoms with van der Waals surface area (Å²) in [5.74, 6) is 1.92. The lowest BCUT2D eigenvalue weighted by Crippen LogP contribution is -2.39. The summed E-state index contributed by atoms with van der Waals surface area (Å²) >= 11 is 0. The molecule has 1 aromatic carbocycles. The number of nitrogens with zero attached hydrogens (tertiary/aromatic N) is 1. The molecule has 2 N–H and O–H groups in total. The van der Waals surface area contributed by atoms with E-state index in [1.165, 1.54) is 35.5 Å². The smallest absolute Gasteiger partial charge is 0.119 e. The van der Waals surface area contributed by atoms with E-state index in [2.05, 4.69) is 47.7 Å². The molecule has 0 spiro atoms. The quantitative estimate of drug-likeness (QED) is 0.889. The fourth-order valence-electron chi connectivity index (χ4n) is 2.54. The van der Waals surface area contributed by atoms with Crippen LogP contribution in [-0.4, -0.2) is 25.0 Å². The number of anilines is 1. The van der Waals surface area contributed by atoms with Crippen molar-refractivity contribution in [2.45, 2.75) is 32.7 Å². The van der Waals surface area contributed by atoms with E-state index < -0.39 is 0 Å². The van der Waals surface area contributed by atoms with Gasteiger partial charge in [0, 0.05) is 12.2 Å². The van der Waals surface area contributed by atoms with Crippen LogP contribution in [0.25, 0.3) is 0 Å². The Morgan fingerprint density at radius 3 is 2.74 bits per heavy atom. The van der Waals surface area contributed by atoms with Crippen LogP contribution in [0.5, 0.6) is 0 Å². The van der Waals surface area contributed by atoms with Crippen molar-refractivity contribution in [2.24, 2.45) is 10.9 Å². The summed E-state index contributed by atoms with van der Waals surface area (Å²) in [7, 11) is 0. The molecular weight excluding hydrogens is 258 g/mol. The van der Waals surface area contributed by atoms with Gasteiger partial charge < -0.3 is 10.6 Å². The minimum atomic E-state index is 0. The van der Waals surface area contributed by atoms with E-state index in [-0.39, 0.29) is 12.4 Å². The summed E-state index contributed by atoms with van der Waals surface area (Å²) in [5, 5.41) is 7.12. The standard InChI is InChI=1S/C15H21N3.ClH/c1-10-4-3-5-13(11(10)2)18-14(12-6-7-12)15-16-8-9-17-15;/h3-5,12,14,18H,6-9H2,1-2H3,(H,16,17);1H. The molecule has 1 saturated carbocycles. The number of hydrogen-bond acceptors (Lipinski definition) is 3. The van der Waals surface area contributed by atoms with Crippen LogP contribution in [0.4, 0.5) is 5.69 Å². The zero-order valence-electron chi connectivity index (χ0n) is 11.6. The minimum Gasteiger partial charge on any atom is -0.375 e. The highest BCUT2D eigenvalue weighted by Gasteiger charge is 2.35. The largest absolute Gasteiger partial charge is 0.375 e. The zero-order chi connectivity index (χ0) is 12.5. The van der Waals surface area contributed by atoms with Gasteiger partial charge in [-0.15, -0.1) is 12.4 Å². The predicted octanol–water partition coefficient (Wildman–Crippen LogP) is 2.92. The highest BCUT2D eigenvalue weighted by molar-refractivity contribution is 5.91. The average Bonchev–Trinajstić information content (AvgIpc) is 3.06. The Morgan fingerprint density at radius 1 is 1.32 bits per heavy atom. The summed E-state index contributed by atoms with van der Waals surface area (Å²) in [4.78, 5) is 4.59. The van der Waals surface area contributed by atoms with Gasteiger partial charge in [0.05, 0.1) is 12.6 Å². The molecule has 1 heterocycles. The third kappa shape index (κ3) is 3.03. The maximum Gasteiger partial charge on any atom is 0.119 e.